The summed E-state index contributed by atoms with van der Waals surface area (Å²) in [5.41, 5.74) is 6.49. The van der Waals surface area contributed by atoms with E-state index in [9.17, 15) is 4.79 Å². The minimum absolute atomic E-state index is 0.133. The zero-order chi connectivity index (χ0) is 22.8. The van der Waals surface area contributed by atoms with Crippen LogP contribution in [0.25, 0.3) is 0 Å². The van der Waals surface area contributed by atoms with Gasteiger partial charge in [0.25, 0.3) is 0 Å². The molecule has 4 heteroatoms. The number of rotatable bonds is 5. The Balaban J connectivity index is 1.67. The highest BCUT2D eigenvalue weighted by atomic mass is 16.5. The molecule has 0 saturated heterocycles. The lowest BCUT2D eigenvalue weighted by molar-refractivity contribution is -0.116. The molecule has 3 aromatic carbocycles. The Kier molecular flexibility index (Phi) is 5.91. The van der Waals surface area contributed by atoms with E-state index in [-0.39, 0.29) is 17.7 Å². The highest BCUT2D eigenvalue weighted by Crippen LogP contribution is 2.47. The smallest absolute Gasteiger partial charge is 0.163 e. The van der Waals surface area contributed by atoms with Crippen molar-refractivity contribution in [1.29, 1.82) is 0 Å². The number of methoxy groups -OCH3 is 1. The fourth-order valence-electron chi connectivity index (χ4n) is 5.24. The van der Waals surface area contributed by atoms with E-state index in [2.05, 4.69) is 77.8 Å². The van der Waals surface area contributed by atoms with Crippen LogP contribution < -0.4 is 15.0 Å². The number of carbonyl (C=O) groups is 1. The molecule has 0 amide bonds. The number of ketones is 1. The third kappa shape index (κ3) is 4.02. The summed E-state index contributed by atoms with van der Waals surface area (Å²) in [6.07, 6.45) is 2.35. The first-order valence-electron chi connectivity index (χ1n) is 11.8. The van der Waals surface area contributed by atoms with Gasteiger partial charge in [-0.15, -0.1) is 0 Å². The van der Waals surface area contributed by atoms with E-state index in [1.54, 1.807) is 7.11 Å². The van der Waals surface area contributed by atoms with E-state index in [0.717, 1.165) is 53.3 Å². The Morgan fingerprint density at radius 2 is 1.64 bits per heavy atom. The molecule has 1 heterocycles. The highest BCUT2D eigenvalue weighted by molar-refractivity contribution is 6.01. The molecule has 1 aliphatic heterocycles. The van der Waals surface area contributed by atoms with Gasteiger partial charge in [-0.2, -0.15) is 0 Å². The average Bonchev–Trinajstić information content (AvgIpc) is 2.99. The number of para-hydroxylation sites is 2. The van der Waals surface area contributed by atoms with Gasteiger partial charge in [-0.1, -0.05) is 61.5 Å². The summed E-state index contributed by atoms with van der Waals surface area (Å²) in [4.78, 5) is 16.2. The number of nitrogens with one attached hydrogen (secondary N) is 1. The van der Waals surface area contributed by atoms with Crippen LogP contribution in [0.2, 0.25) is 0 Å². The summed E-state index contributed by atoms with van der Waals surface area (Å²) < 4.78 is 5.40. The number of hydrogen-bond acceptors (Lipinski definition) is 4. The zero-order valence-electron chi connectivity index (χ0n) is 19.3. The quantitative estimate of drug-likeness (QED) is 0.495. The molecule has 5 rings (SSSR count). The second kappa shape index (κ2) is 9.14. The molecule has 1 N–H and O–H groups in total. The van der Waals surface area contributed by atoms with Crippen molar-refractivity contribution in [2.24, 2.45) is 0 Å². The van der Waals surface area contributed by atoms with Crippen molar-refractivity contribution in [1.82, 2.24) is 0 Å². The summed E-state index contributed by atoms with van der Waals surface area (Å²) in [5, 5.41) is 3.69. The molecule has 0 radical (unpaired) electrons. The van der Waals surface area contributed by atoms with Gasteiger partial charge >= 0.3 is 0 Å². The molecule has 0 unspecified atom stereocenters. The van der Waals surface area contributed by atoms with Gasteiger partial charge < -0.3 is 15.0 Å². The maximum atomic E-state index is 13.8. The van der Waals surface area contributed by atoms with Gasteiger partial charge in [0, 0.05) is 24.2 Å². The van der Waals surface area contributed by atoms with E-state index in [4.69, 9.17) is 4.74 Å². The summed E-state index contributed by atoms with van der Waals surface area (Å²) in [6.45, 7) is 3.05. The number of carbonyl (C=O) groups excluding carboxylic acids is 1. The first-order valence-corrected chi connectivity index (χ1v) is 11.8. The van der Waals surface area contributed by atoms with Crippen LogP contribution in [0.3, 0.4) is 0 Å². The number of ether oxygens (including phenoxy) is 1. The predicted molar refractivity (Wildman–Crippen MR) is 134 cm³/mol. The van der Waals surface area contributed by atoms with Crippen molar-refractivity contribution in [3.05, 3.63) is 101 Å². The van der Waals surface area contributed by atoms with E-state index in [1.165, 1.54) is 5.56 Å². The maximum absolute atomic E-state index is 13.8. The van der Waals surface area contributed by atoms with Crippen LogP contribution in [0.4, 0.5) is 11.4 Å². The fraction of sp³-hybridized carbons (Fsp3) is 0.276. The lowest BCUT2D eigenvalue weighted by atomic mass is 9.78. The number of allylic oxidation sites excluding steroid dienone is 1. The Morgan fingerprint density at radius 3 is 2.36 bits per heavy atom. The van der Waals surface area contributed by atoms with Crippen LogP contribution in [0, 0.1) is 0 Å². The minimum Gasteiger partial charge on any atom is -0.497 e. The van der Waals surface area contributed by atoms with Gasteiger partial charge in [-0.25, -0.2) is 0 Å². The molecule has 1 aliphatic carbocycles. The molecule has 2 aliphatic rings. The van der Waals surface area contributed by atoms with E-state index in [1.807, 2.05) is 18.2 Å². The number of anilines is 2. The molecule has 168 valence electrons. The van der Waals surface area contributed by atoms with Crippen LogP contribution in [-0.2, 0) is 4.79 Å². The lowest BCUT2D eigenvalue weighted by Gasteiger charge is -2.36. The monoisotopic (exact) mass is 438 g/mol. The molecule has 0 fully saturated rings. The van der Waals surface area contributed by atoms with E-state index in [0.29, 0.717) is 6.42 Å². The van der Waals surface area contributed by atoms with Crippen molar-refractivity contribution in [3.8, 4) is 5.75 Å². The highest BCUT2D eigenvalue weighted by Gasteiger charge is 2.39. The third-order valence-corrected chi connectivity index (χ3v) is 6.76. The first kappa shape index (κ1) is 21.3. The molecular weight excluding hydrogens is 408 g/mol. The lowest BCUT2D eigenvalue weighted by Crippen LogP contribution is -2.34. The average molecular weight is 439 g/mol. The summed E-state index contributed by atoms with van der Waals surface area (Å²) in [6, 6.07) is 26.9. The number of Topliss-reactive ketones (excluding diaryl/α,β-unsaturated/α-hetero) is 1. The normalized spacial score (nSPS) is 19.9. The van der Waals surface area contributed by atoms with Gasteiger partial charge in [0.2, 0.25) is 0 Å². The van der Waals surface area contributed by atoms with Crippen LogP contribution in [0.5, 0.6) is 5.75 Å². The SMILES string of the molecule is CCCN1c2ccccc2NC2=C(C(=O)C[C@@H](c3ccccc3)C2)[C@H]1c1ccc(OC)cc1. The summed E-state index contributed by atoms with van der Waals surface area (Å²) >= 11 is 0. The Bertz CT molecular complexity index is 1170. The number of nitrogens with zero attached hydrogens (tertiary/aromatic N) is 1. The van der Waals surface area contributed by atoms with Gasteiger partial charge in [0.1, 0.15) is 5.75 Å². The minimum atomic E-state index is -0.133. The van der Waals surface area contributed by atoms with Crippen molar-refractivity contribution < 1.29 is 9.53 Å². The number of hydrogen-bond donors (Lipinski definition) is 1. The molecule has 0 aromatic heterocycles. The van der Waals surface area contributed by atoms with Crippen LogP contribution >= 0.6 is 0 Å². The molecule has 2 atom stereocenters. The number of fused-ring (bicyclic) bond motifs is 1. The van der Waals surface area contributed by atoms with E-state index < -0.39 is 0 Å². The van der Waals surface area contributed by atoms with Crippen molar-refractivity contribution >= 4 is 17.2 Å². The number of benzene rings is 3. The predicted octanol–water partition coefficient (Wildman–Crippen LogP) is 6.48. The van der Waals surface area contributed by atoms with Crippen molar-refractivity contribution in [3.63, 3.8) is 0 Å². The van der Waals surface area contributed by atoms with Crippen LogP contribution in [0.1, 0.15) is 49.3 Å². The Hall–Kier alpha value is -3.53. The molecule has 33 heavy (non-hydrogen) atoms. The first-order chi connectivity index (χ1) is 16.2. The van der Waals surface area contributed by atoms with E-state index >= 15 is 0 Å². The second-order valence-electron chi connectivity index (χ2n) is 8.84. The second-order valence-corrected chi connectivity index (χ2v) is 8.84. The third-order valence-electron chi connectivity index (χ3n) is 6.76. The van der Waals surface area contributed by atoms with Gasteiger partial charge in [0.05, 0.1) is 24.5 Å². The summed E-state index contributed by atoms with van der Waals surface area (Å²) in [5.74, 6) is 1.24. The molecule has 0 saturated carbocycles. The topological polar surface area (TPSA) is 41.6 Å². The molecule has 3 aromatic rings. The molecule has 4 nitrogen and oxygen atoms in total. The molecular formula is C29H30N2O2. The largest absolute Gasteiger partial charge is 0.497 e. The Labute approximate surface area is 195 Å². The summed E-state index contributed by atoms with van der Waals surface area (Å²) in [7, 11) is 1.68. The standard InChI is InChI=1S/C29H30N2O2/c1-3-17-31-26-12-8-7-11-24(26)30-25-18-22(20-9-5-4-6-10-20)19-27(32)28(25)29(31)21-13-15-23(33-2)16-14-21/h4-16,22,29-30H,3,17-19H2,1-2H3/t22-,29+/m0/s1. The van der Waals surface area contributed by atoms with Crippen LogP contribution in [0.15, 0.2) is 90.1 Å². The molecule has 0 spiro atoms. The fourth-order valence-corrected chi connectivity index (χ4v) is 5.24. The van der Waals surface area contributed by atoms with Gasteiger partial charge in [-0.05, 0) is 54.2 Å². The van der Waals surface area contributed by atoms with Gasteiger partial charge in [-0.3, -0.25) is 4.79 Å². The van der Waals surface area contributed by atoms with Crippen molar-refractivity contribution in [2.45, 2.75) is 38.1 Å². The zero-order valence-corrected chi connectivity index (χ0v) is 19.3. The van der Waals surface area contributed by atoms with Gasteiger partial charge in [0.15, 0.2) is 5.78 Å². The Morgan fingerprint density at radius 1 is 0.909 bits per heavy atom. The van der Waals surface area contributed by atoms with Crippen molar-refractivity contribution in [2.75, 3.05) is 23.9 Å². The van der Waals surface area contributed by atoms with Crippen LogP contribution in [-0.4, -0.2) is 19.4 Å². The molecule has 0 bridgehead atoms. The maximum Gasteiger partial charge on any atom is 0.163 e.